The van der Waals surface area contributed by atoms with E-state index in [0.29, 0.717) is 29.7 Å². The van der Waals surface area contributed by atoms with Crippen LogP contribution >= 0.6 is 11.6 Å². The van der Waals surface area contributed by atoms with Gasteiger partial charge < -0.3 is 9.42 Å². The van der Waals surface area contributed by atoms with E-state index in [-0.39, 0.29) is 11.8 Å². The third-order valence-electron chi connectivity index (χ3n) is 5.16. The van der Waals surface area contributed by atoms with Crippen molar-refractivity contribution in [2.75, 3.05) is 13.1 Å². The van der Waals surface area contributed by atoms with Gasteiger partial charge in [-0.2, -0.15) is 4.98 Å². The highest BCUT2D eigenvalue weighted by Gasteiger charge is 2.28. The van der Waals surface area contributed by atoms with Crippen LogP contribution in [0.4, 0.5) is 0 Å². The van der Waals surface area contributed by atoms with E-state index in [1.807, 2.05) is 29.2 Å². The summed E-state index contributed by atoms with van der Waals surface area (Å²) < 4.78 is 5.51. The van der Waals surface area contributed by atoms with Crippen molar-refractivity contribution in [3.63, 3.8) is 0 Å². The molecule has 1 atom stereocenters. The van der Waals surface area contributed by atoms with Gasteiger partial charge in [-0.1, -0.05) is 49.4 Å². The zero-order chi connectivity index (χ0) is 19.1. The first-order valence-electron chi connectivity index (χ1n) is 10.0. The Kier molecular flexibility index (Phi) is 7.27. The van der Waals surface area contributed by atoms with Crippen LogP contribution in [0.5, 0.6) is 0 Å². The number of likely N-dealkylation sites (tertiary alicyclic amines) is 1. The molecule has 0 spiro atoms. The van der Waals surface area contributed by atoms with Gasteiger partial charge in [0.15, 0.2) is 0 Å². The molecule has 1 aliphatic heterocycles. The van der Waals surface area contributed by atoms with E-state index in [1.165, 1.54) is 19.3 Å². The smallest absolute Gasteiger partial charge is 0.231 e. The predicted molar refractivity (Wildman–Crippen MR) is 107 cm³/mol. The molecule has 27 heavy (non-hydrogen) atoms. The van der Waals surface area contributed by atoms with E-state index in [0.717, 1.165) is 37.8 Å². The standard InChI is InChI=1S/C21H28ClN3O2/c1-2-3-4-5-6-9-19(26)25-14-7-8-17(15-25)21-23-20(24-27-21)16-10-12-18(22)13-11-16/h10-13,17H,2-9,14-15H2,1H3. The van der Waals surface area contributed by atoms with Crippen molar-refractivity contribution < 1.29 is 9.32 Å². The Bertz CT molecular complexity index is 729. The summed E-state index contributed by atoms with van der Waals surface area (Å²) in [6, 6.07) is 7.39. The molecule has 3 rings (SSSR count). The molecule has 2 aromatic rings. The Morgan fingerprint density at radius 3 is 2.78 bits per heavy atom. The van der Waals surface area contributed by atoms with Crippen molar-refractivity contribution in [3.8, 4) is 11.4 Å². The quantitative estimate of drug-likeness (QED) is 0.562. The fourth-order valence-electron chi connectivity index (χ4n) is 3.56. The second kappa shape index (κ2) is 9.88. The van der Waals surface area contributed by atoms with Crippen LogP contribution in [0.3, 0.4) is 0 Å². The van der Waals surface area contributed by atoms with Gasteiger partial charge in [-0.15, -0.1) is 0 Å². The molecule has 0 radical (unpaired) electrons. The number of benzene rings is 1. The Balaban J connectivity index is 1.55. The third kappa shape index (κ3) is 5.55. The van der Waals surface area contributed by atoms with E-state index < -0.39 is 0 Å². The van der Waals surface area contributed by atoms with Gasteiger partial charge in [-0.25, -0.2) is 0 Å². The molecular formula is C21H28ClN3O2. The minimum absolute atomic E-state index is 0.122. The maximum absolute atomic E-state index is 12.5. The summed E-state index contributed by atoms with van der Waals surface area (Å²) >= 11 is 5.93. The van der Waals surface area contributed by atoms with Gasteiger partial charge in [-0.05, 0) is 43.5 Å². The number of aromatic nitrogens is 2. The zero-order valence-electron chi connectivity index (χ0n) is 16.0. The second-order valence-corrected chi connectivity index (χ2v) is 7.74. The summed E-state index contributed by atoms with van der Waals surface area (Å²) in [4.78, 5) is 19.1. The number of halogens is 1. The van der Waals surface area contributed by atoms with Gasteiger partial charge in [-0.3, -0.25) is 4.79 Å². The fraction of sp³-hybridized carbons (Fsp3) is 0.571. The van der Waals surface area contributed by atoms with Crippen LogP contribution in [0.15, 0.2) is 28.8 Å². The van der Waals surface area contributed by atoms with E-state index in [1.54, 1.807) is 0 Å². The summed E-state index contributed by atoms with van der Waals surface area (Å²) in [7, 11) is 0. The monoisotopic (exact) mass is 389 g/mol. The minimum atomic E-state index is 0.122. The molecule has 0 bridgehead atoms. The highest BCUT2D eigenvalue weighted by molar-refractivity contribution is 6.30. The summed E-state index contributed by atoms with van der Waals surface area (Å²) in [5, 5.41) is 4.79. The molecule has 5 nitrogen and oxygen atoms in total. The van der Waals surface area contributed by atoms with Crippen LogP contribution in [0.2, 0.25) is 5.02 Å². The van der Waals surface area contributed by atoms with Crippen LogP contribution in [0.25, 0.3) is 11.4 Å². The molecule has 1 aliphatic rings. The number of piperidine rings is 1. The van der Waals surface area contributed by atoms with Crippen molar-refractivity contribution in [1.29, 1.82) is 0 Å². The normalized spacial score (nSPS) is 17.3. The van der Waals surface area contributed by atoms with Gasteiger partial charge in [0.1, 0.15) is 0 Å². The first-order valence-corrected chi connectivity index (χ1v) is 10.4. The number of hydrogen-bond acceptors (Lipinski definition) is 4. The molecule has 0 saturated carbocycles. The van der Waals surface area contributed by atoms with E-state index in [4.69, 9.17) is 16.1 Å². The van der Waals surface area contributed by atoms with Crippen molar-refractivity contribution in [2.24, 2.45) is 0 Å². The van der Waals surface area contributed by atoms with Gasteiger partial charge in [0.05, 0.1) is 5.92 Å². The van der Waals surface area contributed by atoms with Gasteiger partial charge in [0.2, 0.25) is 17.6 Å². The lowest BCUT2D eigenvalue weighted by Gasteiger charge is -2.31. The molecule has 1 saturated heterocycles. The number of carbonyl (C=O) groups is 1. The maximum Gasteiger partial charge on any atom is 0.231 e. The SMILES string of the molecule is CCCCCCCC(=O)N1CCCC(c2nc(-c3ccc(Cl)cc3)no2)C1. The molecule has 0 N–H and O–H groups in total. The number of amides is 1. The topological polar surface area (TPSA) is 59.2 Å². The number of hydrogen-bond donors (Lipinski definition) is 0. The van der Waals surface area contributed by atoms with Crippen molar-refractivity contribution >= 4 is 17.5 Å². The summed E-state index contributed by atoms with van der Waals surface area (Å²) in [5.41, 5.74) is 0.880. The Hall–Kier alpha value is -1.88. The van der Waals surface area contributed by atoms with Crippen LogP contribution in [0, 0.1) is 0 Å². The molecule has 0 aliphatic carbocycles. The first-order chi connectivity index (χ1) is 13.2. The maximum atomic E-state index is 12.5. The van der Waals surface area contributed by atoms with Gasteiger partial charge >= 0.3 is 0 Å². The highest BCUT2D eigenvalue weighted by atomic mass is 35.5. The van der Waals surface area contributed by atoms with Gasteiger partial charge in [0.25, 0.3) is 0 Å². The average molecular weight is 390 g/mol. The molecule has 1 aromatic heterocycles. The van der Waals surface area contributed by atoms with Crippen LogP contribution in [0.1, 0.15) is 70.1 Å². The summed E-state index contributed by atoms with van der Waals surface area (Å²) in [5.74, 6) is 1.58. The number of rotatable bonds is 8. The molecular weight excluding hydrogens is 362 g/mol. The largest absolute Gasteiger partial charge is 0.342 e. The van der Waals surface area contributed by atoms with Crippen LogP contribution < -0.4 is 0 Å². The van der Waals surface area contributed by atoms with E-state index >= 15 is 0 Å². The molecule has 1 amide bonds. The lowest BCUT2D eigenvalue weighted by molar-refractivity contribution is -0.132. The van der Waals surface area contributed by atoms with Crippen LogP contribution in [-0.2, 0) is 4.79 Å². The first kappa shape index (κ1) is 19.9. The molecule has 146 valence electrons. The van der Waals surface area contributed by atoms with E-state index in [2.05, 4.69) is 17.1 Å². The van der Waals surface area contributed by atoms with Crippen LogP contribution in [-0.4, -0.2) is 34.0 Å². The number of nitrogens with zero attached hydrogens (tertiary/aromatic N) is 3. The number of unbranched alkanes of at least 4 members (excludes halogenated alkanes) is 4. The molecule has 2 heterocycles. The van der Waals surface area contributed by atoms with Crippen molar-refractivity contribution in [2.45, 2.75) is 64.2 Å². The Morgan fingerprint density at radius 2 is 2.00 bits per heavy atom. The zero-order valence-corrected chi connectivity index (χ0v) is 16.7. The summed E-state index contributed by atoms with van der Waals surface area (Å²) in [6.07, 6.45) is 8.44. The Morgan fingerprint density at radius 1 is 1.22 bits per heavy atom. The third-order valence-corrected chi connectivity index (χ3v) is 5.41. The fourth-order valence-corrected chi connectivity index (χ4v) is 3.69. The lowest BCUT2D eigenvalue weighted by Crippen LogP contribution is -2.39. The predicted octanol–water partition coefficient (Wildman–Crippen LogP) is 5.46. The lowest BCUT2D eigenvalue weighted by atomic mass is 9.97. The molecule has 1 aromatic carbocycles. The molecule has 6 heteroatoms. The highest BCUT2D eigenvalue weighted by Crippen LogP contribution is 2.28. The Labute approximate surface area is 166 Å². The summed E-state index contributed by atoms with van der Waals surface area (Å²) in [6.45, 7) is 3.72. The van der Waals surface area contributed by atoms with Crippen molar-refractivity contribution in [3.05, 3.63) is 35.2 Å². The average Bonchev–Trinajstić information content (AvgIpc) is 3.18. The van der Waals surface area contributed by atoms with E-state index in [9.17, 15) is 4.79 Å². The second-order valence-electron chi connectivity index (χ2n) is 7.31. The van der Waals surface area contributed by atoms with Crippen molar-refractivity contribution in [1.82, 2.24) is 15.0 Å². The number of carbonyl (C=O) groups excluding carboxylic acids is 1. The minimum Gasteiger partial charge on any atom is -0.342 e. The molecule has 1 unspecified atom stereocenters. The molecule has 1 fully saturated rings. The van der Waals surface area contributed by atoms with Gasteiger partial charge in [0, 0.05) is 30.1 Å².